The summed E-state index contributed by atoms with van der Waals surface area (Å²) in [5.41, 5.74) is 0. The predicted molar refractivity (Wildman–Crippen MR) is 19.3 cm³/mol. The molecule has 0 saturated heterocycles. The standard InChI is InChI=1S/C4H5O/c1-2-3-4-5/h4H,1-2H2. The van der Waals surface area contributed by atoms with Crippen LogP contribution in [0.1, 0.15) is 6.42 Å². The molecule has 0 aliphatic heterocycles. The van der Waals surface area contributed by atoms with E-state index in [0.29, 0.717) is 12.7 Å². The van der Waals surface area contributed by atoms with Crippen LogP contribution >= 0.6 is 0 Å². The van der Waals surface area contributed by atoms with E-state index in [2.05, 4.69) is 13.3 Å². The van der Waals surface area contributed by atoms with Crippen LogP contribution in [0.2, 0.25) is 0 Å². The van der Waals surface area contributed by atoms with Crippen molar-refractivity contribution in [3.05, 3.63) is 13.3 Å². The number of hydrogen-bond donors (Lipinski definition) is 0. The minimum Gasteiger partial charge on any atom is -0.303 e. The van der Waals surface area contributed by atoms with Gasteiger partial charge in [-0.25, -0.2) is 0 Å². The molecule has 1 nitrogen and oxygen atoms in total. The average Bonchev–Trinajstić information content (AvgIpc) is 1.41. The van der Waals surface area contributed by atoms with Gasteiger partial charge in [0.15, 0.2) is 0 Å². The molecule has 0 aromatic carbocycles. The maximum atomic E-state index is 9.25. The first-order valence-electron chi connectivity index (χ1n) is 1.38. The van der Waals surface area contributed by atoms with Gasteiger partial charge in [0.25, 0.3) is 0 Å². The van der Waals surface area contributed by atoms with Gasteiger partial charge in [-0.1, -0.05) is 6.92 Å². The normalized spacial score (nSPS) is 7.40. The summed E-state index contributed by atoms with van der Waals surface area (Å²) >= 11 is 0. The van der Waals surface area contributed by atoms with E-state index in [9.17, 15) is 4.79 Å². The molecule has 3 radical (unpaired) electrons. The van der Waals surface area contributed by atoms with E-state index >= 15 is 0 Å². The van der Waals surface area contributed by atoms with Gasteiger partial charge in [-0.05, 0) is 6.42 Å². The van der Waals surface area contributed by atoms with Gasteiger partial charge in [-0.3, -0.25) is 0 Å². The largest absolute Gasteiger partial charge is 0.303 e. The van der Waals surface area contributed by atoms with Gasteiger partial charge in [-0.2, -0.15) is 0 Å². The van der Waals surface area contributed by atoms with Crippen LogP contribution in [-0.2, 0) is 4.79 Å². The Labute approximate surface area is 32.0 Å². The third kappa shape index (κ3) is 3.67. The number of aldehydes is 1. The molecule has 0 spiro atoms. The molecule has 0 aromatic rings. The van der Waals surface area contributed by atoms with E-state index < -0.39 is 0 Å². The molecular weight excluding hydrogens is 64.0 g/mol. The Morgan fingerprint density at radius 3 is 2.60 bits per heavy atom. The van der Waals surface area contributed by atoms with Crippen molar-refractivity contribution in [2.45, 2.75) is 6.42 Å². The second-order valence-corrected chi connectivity index (χ2v) is 0.572. The van der Waals surface area contributed by atoms with Crippen LogP contribution in [0.15, 0.2) is 0 Å². The molecule has 0 aromatic heterocycles. The van der Waals surface area contributed by atoms with E-state index in [1.54, 1.807) is 0 Å². The van der Waals surface area contributed by atoms with Gasteiger partial charge in [0.1, 0.15) is 6.29 Å². The van der Waals surface area contributed by atoms with Crippen LogP contribution in [0.4, 0.5) is 0 Å². The van der Waals surface area contributed by atoms with Gasteiger partial charge in [0.2, 0.25) is 0 Å². The van der Waals surface area contributed by atoms with Gasteiger partial charge in [0.05, 0.1) is 6.42 Å². The molecule has 0 unspecified atom stereocenters. The van der Waals surface area contributed by atoms with Crippen molar-refractivity contribution in [1.82, 2.24) is 0 Å². The first-order valence-corrected chi connectivity index (χ1v) is 1.38. The molecule has 0 aliphatic carbocycles. The molecule has 0 atom stereocenters. The minimum absolute atomic E-state index is 0.476. The zero-order valence-corrected chi connectivity index (χ0v) is 2.90. The average molecular weight is 69.1 g/mol. The van der Waals surface area contributed by atoms with Gasteiger partial charge < -0.3 is 4.79 Å². The lowest BCUT2D eigenvalue weighted by atomic mass is 10.4. The maximum Gasteiger partial charge on any atom is 0.128 e. The van der Waals surface area contributed by atoms with Crippen molar-refractivity contribution < 1.29 is 4.79 Å². The number of carbonyl (C=O) groups is 1. The zero-order valence-electron chi connectivity index (χ0n) is 2.90. The van der Waals surface area contributed by atoms with Crippen molar-refractivity contribution in [2.75, 3.05) is 0 Å². The second-order valence-electron chi connectivity index (χ2n) is 0.572. The number of unbranched alkanes of at least 4 members (excludes halogenated alkanes) is 1. The fourth-order valence-corrected chi connectivity index (χ4v) is 0.0589. The Kier molecular flexibility index (Phi) is 3.43. The molecule has 5 heavy (non-hydrogen) atoms. The molecule has 0 heterocycles. The molecule has 27 valence electrons. The summed E-state index contributed by atoms with van der Waals surface area (Å²) in [5.74, 6) is 0. The Balaban J connectivity index is 2.40. The highest BCUT2D eigenvalue weighted by atomic mass is 16.1. The van der Waals surface area contributed by atoms with Crippen molar-refractivity contribution in [2.24, 2.45) is 0 Å². The predicted octanol–water partition coefficient (Wildman–Crippen LogP) is 0.491. The maximum absolute atomic E-state index is 9.25. The van der Waals surface area contributed by atoms with Gasteiger partial charge in [-0.15, -0.1) is 0 Å². The first-order chi connectivity index (χ1) is 2.41. The minimum atomic E-state index is 0.476. The third-order valence-electron chi connectivity index (χ3n) is 0.228. The summed E-state index contributed by atoms with van der Waals surface area (Å²) in [7, 11) is 0. The molecule has 0 rings (SSSR count). The molecule has 0 N–H and O–H groups in total. The third-order valence-corrected chi connectivity index (χ3v) is 0.228. The first kappa shape index (κ1) is 4.67. The molecule has 1 heteroatoms. The van der Waals surface area contributed by atoms with Crippen molar-refractivity contribution >= 4 is 6.29 Å². The van der Waals surface area contributed by atoms with E-state index in [-0.39, 0.29) is 0 Å². The van der Waals surface area contributed by atoms with Crippen molar-refractivity contribution in [3.8, 4) is 0 Å². The van der Waals surface area contributed by atoms with E-state index in [1.165, 1.54) is 0 Å². The summed E-state index contributed by atoms with van der Waals surface area (Å²) in [6.45, 7) is 3.33. The second kappa shape index (κ2) is 3.67. The molecule has 0 amide bonds. The van der Waals surface area contributed by atoms with Crippen LogP contribution in [0.25, 0.3) is 0 Å². The van der Waals surface area contributed by atoms with Crippen molar-refractivity contribution in [3.63, 3.8) is 0 Å². The highest BCUT2D eigenvalue weighted by molar-refractivity contribution is 5.60. The highest BCUT2D eigenvalue weighted by Crippen LogP contribution is 1.71. The van der Waals surface area contributed by atoms with Gasteiger partial charge in [0, 0.05) is 0 Å². The SMILES string of the molecule is [CH2]C[C]C=O. The molecule has 0 saturated carbocycles. The lowest BCUT2D eigenvalue weighted by Crippen LogP contribution is -1.67. The fourth-order valence-electron chi connectivity index (χ4n) is 0.0589. The van der Waals surface area contributed by atoms with Crippen molar-refractivity contribution in [1.29, 1.82) is 0 Å². The monoisotopic (exact) mass is 69.0 g/mol. The Morgan fingerprint density at radius 1 is 2.00 bits per heavy atom. The van der Waals surface area contributed by atoms with E-state index in [1.807, 2.05) is 0 Å². The number of rotatable bonds is 2. The molecular formula is C4H5O. The topological polar surface area (TPSA) is 17.1 Å². The van der Waals surface area contributed by atoms with Crippen LogP contribution in [0.3, 0.4) is 0 Å². The summed E-state index contributed by atoms with van der Waals surface area (Å²) < 4.78 is 0. The molecule has 0 fully saturated rings. The molecule has 0 bridgehead atoms. The summed E-state index contributed by atoms with van der Waals surface area (Å²) in [6.07, 6.45) is 3.41. The summed E-state index contributed by atoms with van der Waals surface area (Å²) in [6, 6.07) is 0. The van der Waals surface area contributed by atoms with Gasteiger partial charge >= 0.3 is 0 Å². The van der Waals surface area contributed by atoms with Crippen LogP contribution < -0.4 is 0 Å². The van der Waals surface area contributed by atoms with Crippen LogP contribution in [-0.4, -0.2) is 6.29 Å². The van der Waals surface area contributed by atoms with Crippen LogP contribution in [0.5, 0.6) is 0 Å². The quantitative estimate of drug-likeness (QED) is 0.431. The summed E-state index contributed by atoms with van der Waals surface area (Å²) in [5, 5.41) is 0. The smallest absolute Gasteiger partial charge is 0.128 e. The van der Waals surface area contributed by atoms with E-state index in [4.69, 9.17) is 0 Å². The Morgan fingerprint density at radius 2 is 2.60 bits per heavy atom. The van der Waals surface area contributed by atoms with Crippen LogP contribution in [0, 0.1) is 13.3 Å². The highest BCUT2D eigenvalue weighted by Gasteiger charge is 1.69. The lowest BCUT2D eigenvalue weighted by Gasteiger charge is -1.66. The molecule has 0 aliphatic rings. The number of carbonyl (C=O) groups excluding carboxylic acids is 1. The summed E-state index contributed by atoms with van der Waals surface area (Å²) in [4.78, 5) is 9.25. The zero-order chi connectivity index (χ0) is 4.12. The Bertz CT molecular complexity index is 24.8. The number of hydrogen-bond acceptors (Lipinski definition) is 1. The Hall–Kier alpha value is -0.330. The van der Waals surface area contributed by atoms with E-state index in [0.717, 1.165) is 0 Å². The fraction of sp³-hybridized carbons (Fsp3) is 0.250. The lowest BCUT2D eigenvalue weighted by molar-refractivity contribution is -0.105.